The number of benzene rings is 1. The molecule has 6 heteroatoms. The van der Waals surface area contributed by atoms with E-state index < -0.39 is 23.5 Å². The highest BCUT2D eigenvalue weighted by atomic mass is 19.4. The Balaban J connectivity index is 3.38. The van der Waals surface area contributed by atoms with E-state index in [1.54, 1.807) is 13.8 Å². The van der Waals surface area contributed by atoms with Gasteiger partial charge in [-0.1, -0.05) is 27.2 Å². The van der Waals surface area contributed by atoms with Gasteiger partial charge in [0.05, 0.1) is 11.1 Å². The van der Waals surface area contributed by atoms with Crippen molar-refractivity contribution >= 4 is 0 Å². The van der Waals surface area contributed by atoms with Crippen molar-refractivity contribution in [3.05, 3.63) is 34.9 Å². The Morgan fingerprint density at radius 2 is 1.25 bits per heavy atom. The zero-order valence-corrected chi connectivity index (χ0v) is 11.4. The van der Waals surface area contributed by atoms with Gasteiger partial charge in [-0.2, -0.15) is 26.3 Å². The van der Waals surface area contributed by atoms with Crippen molar-refractivity contribution in [3.8, 4) is 0 Å². The largest absolute Gasteiger partial charge is 0.416 e. The molecule has 114 valence electrons. The van der Waals surface area contributed by atoms with Crippen molar-refractivity contribution in [2.24, 2.45) is 5.92 Å². The van der Waals surface area contributed by atoms with Crippen LogP contribution in [0.5, 0.6) is 0 Å². The highest BCUT2D eigenvalue weighted by Gasteiger charge is 2.37. The zero-order chi connectivity index (χ0) is 15.7. The van der Waals surface area contributed by atoms with E-state index in [0.717, 1.165) is 12.1 Å². The van der Waals surface area contributed by atoms with Crippen molar-refractivity contribution in [2.45, 2.75) is 45.5 Å². The van der Waals surface area contributed by atoms with Gasteiger partial charge in [-0.15, -0.1) is 0 Å². The molecule has 0 bridgehead atoms. The van der Waals surface area contributed by atoms with E-state index in [2.05, 4.69) is 0 Å². The maximum atomic E-state index is 12.7. The molecular formula is C14H16F6. The quantitative estimate of drug-likeness (QED) is 0.612. The molecule has 0 saturated carbocycles. The number of hydrogen-bond acceptors (Lipinski definition) is 0. The SMILES string of the molecule is CCC(C)C(C)c1cc(C(F)(F)F)cc(C(F)(F)F)c1. The lowest BCUT2D eigenvalue weighted by Gasteiger charge is -2.21. The van der Waals surface area contributed by atoms with Crippen molar-refractivity contribution in [3.63, 3.8) is 0 Å². The van der Waals surface area contributed by atoms with E-state index in [9.17, 15) is 26.3 Å². The topological polar surface area (TPSA) is 0 Å². The maximum Gasteiger partial charge on any atom is 0.416 e. The lowest BCUT2D eigenvalue weighted by molar-refractivity contribution is -0.143. The van der Waals surface area contributed by atoms with Crippen molar-refractivity contribution in [1.29, 1.82) is 0 Å². The van der Waals surface area contributed by atoms with E-state index in [1.807, 2.05) is 6.92 Å². The molecule has 0 amide bonds. The Morgan fingerprint density at radius 3 is 1.55 bits per heavy atom. The zero-order valence-electron chi connectivity index (χ0n) is 11.4. The molecule has 0 aliphatic heterocycles. The monoisotopic (exact) mass is 298 g/mol. The summed E-state index contributed by atoms with van der Waals surface area (Å²) in [7, 11) is 0. The molecule has 2 unspecified atom stereocenters. The minimum atomic E-state index is -4.79. The summed E-state index contributed by atoms with van der Waals surface area (Å²) in [5.74, 6) is -0.372. The first-order valence-electron chi connectivity index (χ1n) is 6.26. The third-order valence-electron chi connectivity index (χ3n) is 3.63. The van der Waals surface area contributed by atoms with Gasteiger partial charge in [0.15, 0.2) is 0 Å². The fraction of sp³-hybridized carbons (Fsp3) is 0.571. The van der Waals surface area contributed by atoms with Gasteiger partial charge in [-0.25, -0.2) is 0 Å². The Hall–Kier alpha value is -1.20. The number of halogens is 6. The van der Waals surface area contributed by atoms with E-state index in [4.69, 9.17) is 0 Å². The smallest absolute Gasteiger partial charge is 0.166 e. The fourth-order valence-electron chi connectivity index (χ4n) is 1.92. The predicted molar refractivity (Wildman–Crippen MR) is 64.3 cm³/mol. The summed E-state index contributed by atoms with van der Waals surface area (Å²) >= 11 is 0. The van der Waals surface area contributed by atoms with E-state index in [-0.39, 0.29) is 23.5 Å². The average molecular weight is 298 g/mol. The van der Waals surface area contributed by atoms with Gasteiger partial charge in [0.2, 0.25) is 0 Å². The van der Waals surface area contributed by atoms with E-state index in [0.29, 0.717) is 6.42 Å². The van der Waals surface area contributed by atoms with Crippen molar-refractivity contribution < 1.29 is 26.3 Å². The predicted octanol–water partition coefficient (Wildman–Crippen LogP) is 5.87. The molecule has 0 aromatic heterocycles. The first kappa shape index (κ1) is 16.9. The standard InChI is InChI=1S/C14H16F6/c1-4-8(2)9(3)10-5-11(13(15,16)17)7-12(6-10)14(18,19)20/h5-9H,4H2,1-3H3. The van der Waals surface area contributed by atoms with Gasteiger partial charge in [0.25, 0.3) is 0 Å². The van der Waals surface area contributed by atoms with E-state index >= 15 is 0 Å². The van der Waals surface area contributed by atoms with Gasteiger partial charge < -0.3 is 0 Å². The van der Waals surface area contributed by atoms with Crippen LogP contribution in [0.15, 0.2) is 18.2 Å². The van der Waals surface area contributed by atoms with Crippen LogP contribution in [0.1, 0.15) is 49.8 Å². The van der Waals surface area contributed by atoms with E-state index in [1.165, 1.54) is 0 Å². The lowest BCUT2D eigenvalue weighted by Crippen LogP contribution is -2.14. The third kappa shape index (κ3) is 3.90. The van der Waals surface area contributed by atoms with Crippen molar-refractivity contribution in [1.82, 2.24) is 0 Å². The second-order valence-electron chi connectivity index (χ2n) is 5.01. The maximum absolute atomic E-state index is 12.7. The highest BCUT2D eigenvalue weighted by Crippen LogP contribution is 2.39. The van der Waals surface area contributed by atoms with Gasteiger partial charge >= 0.3 is 12.4 Å². The first-order valence-corrected chi connectivity index (χ1v) is 6.26. The molecule has 0 spiro atoms. The number of rotatable bonds is 3. The summed E-state index contributed by atoms with van der Waals surface area (Å²) in [6, 6.07) is 1.78. The van der Waals surface area contributed by atoms with Crippen LogP contribution in [0.3, 0.4) is 0 Å². The average Bonchev–Trinajstić information content (AvgIpc) is 2.34. The fourth-order valence-corrected chi connectivity index (χ4v) is 1.92. The molecule has 0 saturated heterocycles. The highest BCUT2D eigenvalue weighted by molar-refractivity contribution is 5.35. The molecule has 20 heavy (non-hydrogen) atoms. The van der Waals surface area contributed by atoms with Crippen LogP contribution in [0.2, 0.25) is 0 Å². The molecule has 1 rings (SSSR count). The second-order valence-corrected chi connectivity index (χ2v) is 5.01. The molecule has 0 aliphatic rings. The Labute approximate surface area is 113 Å². The Kier molecular flexibility index (Phi) is 4.77. The molecule has 0 radical (unpaired) electrons. The summed E-state index contributed by atoms with van der Waals surface area (Å²) in [6.45, 7) is 5.29. The minimum absolute atomic E-state index is 0.000401. The van der Waals surface area contributed by atoms with Crippen LogP contribution in [0, 0.1) is 5.92 Å². The summed E-state index contributed by atoms with van der Waals surface area (Å²) in [6.07, 6.45) is -8.89. The van der Waals surface area contributed by atoms with Crippen molar-refractivity contribution in [2.75, 3.05) is 0 Å². The van der Waals surface area contributed by atoms with Gasteiger partial charge in [-0.3, -0.25) is 0 Å². The molecular weight excluding hydrogens is 282 g/mol. The molecule has 0 aliphatic carbocycles. The van der Waals surface area contributed by atoms with Crippen LogP contribution in [0.4, 0.5) is 26.3 Å². The Bertz CT molecular complexity index is 425. The van der Waals surface area contributed by atoms with Gasteiger partial charge in [-0.05, 0) is 35.6 Å². The Morgan fingerprint density at radius 1 is 0.850 bits per heavy atom. The number of hydrogen-bond donors (Lipinski definition) is 0. The molecule has 0 N–H and O–H groups in total. The van der Waals surface area contributed by atoms with Crippen LogP contribution < -0.4 is 0 Å². The van der Waals surface area contributed by atoms with Gasteiger partial charge in [0, 0.05) is 0 Å². The molecule has 0 nitrogen and oxygen atoms in total. The van der Waals surface area contributed by atoms with Crippen LogP contribution in [-0.4, -0.2) is 0 Å². The summed E-state index contributed by atoms with van der Waals surface area (Å²) in [4.78, 5) is 0. The lowest BCUT2D eigenvalue weighted by atomic mass is 9.85. The van der Waals surface area contributed by atoms with Gasteiger partial charge in [0.1, 0.15) is 0 Å². The minimum Gasteiger partial charge on any atom is -0.166 e. The summed E-state index contributed by atoms with van der Waals surface area (Å²) < 4.78 is 76.3. The third-order valence-corrected chi connectivity index (χ3v) is 3.63. The normalized spacial score (nSPS) is 16.1. The summed E-state index contributed by atoms with van der Waals surface area (Å²) in [5, 5.41) is 0. The molecule has 0 heterocycles. The molecule has 2 atom stereocenters. The molecule has 0 fully saturated rings. The molecule has 1 aromatic rings. The van der Waals surface area contributed by atoms with Crippen LogP contribution in [0.25, 0.3) is 0 Å². The first-order chi connectivity index (χ1) is 8.96. The van der Waals surface area contributed by atoms with Crippen LogP contribution >= 0.6 is 0 Å². The van der Waals surface area contributed by atoms with Crippen LogP contribution in [-0.2, 0) is 12.4 Å². The molecule has 1 aromatic carbocycles. The number of alkyl halides is 6. The summed E-state index contributed by atoms with van der Waals surface area (Å²) in [5.41, 5.74) is -2.43. The second kappa shape index (κ2) is 5.66.